The molecule has 2 saturated heterocycles. The zero-order valence-electron chi connectivity index (χ0n) is 17.7. The van der Waals surface area contributed by atoms with Gasteiger partial charge in [-0.3, -0.25) is 19.5 Å². The molecule has 0 aliphatic carbocycles. The fourth-order valence-corrected chi connectivity index (χ4v) is 5.01. The van der Waals surface area contributed by atoms with Gasteiger partial charge < -0.3 is 9.42 Å². The predicted octanol–water partition coefficient (Wildman–Crippen LogP) is 3.45. The molecule has 1 amide bonds. The number of rotatable bonds is 6. The summed E-state index contributed by atoms with van der Waals surface area (Å²) in [5.41, 5.74) is 3.53. The largest absolute Gasteiger partial charge is 0.524 e. The van der Waals surface area contributed by atoms with E-state index in [1.807, 2.05) is 17.0 Å². The topological polar surface area (TPSA) is 90.3 Å². The van der Waals surface area contributed by atoms with Gasteiger partial charge in [0, 0.05) is 13.1 Å². The van der Waals surface area contributed by atoms with Crippen molar-refractivity contribution in [1.82, 2.24) is 9.80 Å². The van der Waals surface area contributed by atoms with Crippen LogP contribution in [0.3, 0.4) is 0 Å². The maximum absolute atomic E-state index is 13.0. The molecule has 2 aromatic rings. The Kier molecular flexibility index (Phi) is 6.49. The number of amides is 1. The average Bonchev–Trinajstić information content (AvgIpc) is 3.09. The molecule has 2 aromatic carbocycles. The van der Waals surface area contributed by atoms with Crippen LogP contribution in [-0.4, -0.2) is 51.2 Å². The molecule has 4 rings (SSSR count). The Bertz CT molecular complexity index is 949. The summed E-state index contributed by atoms with van der Waals surface area (Å²) in [7, 11) is -4.53. The molecule has 31 heavy (non-hydrogen) atoms. The predicted molar refractivity (Wildman–Crippen MR) is 118 cm³/mol. The van der Waals surface area contributed by atoms with Crippen LogP contribution in [0.15, 0.2) is 48.5 Å². The molecule has 0 spiro atoms. The molecule has 1 atom stereocenters. The summed E-state index contributed by atoms with van der Waals surface area (Å²) in [6, 6.07) is 15.3. The van der Waals surface area contributed by atoms with Gasteiger partial charge in [-0.1, -0.05) is 42.0 Å². The van der Waals surface area contributed by atoms with Crippen LogP contribution in [-0.2, 0) is 15.9 Å². The van der Waals surface area contributed by atoms with E-state index in [0.717, 1.165) is 44.5 Å². The number of aryl methyl sites for hydroxylation is 1. The van der Waals surface area contributed by atoms with Crippen molar-refractivity contribution in [2.75, 3.05) is 19.6 Å². The van der Waals surface area contributed by atoms with Crippen molar-refractivity contribution in [1.29, 1.82) is 0 Å². The van der Waals surface area contributed by atoms with E-state index in [4.69, 9.17) is 9.79 Å². The molecule has 2 aliphatic heterocycles. The van der Waals surface area contributed by atoms with E-state index < -0.39 is 7.82 Å². The second kappa shape index (κ2) is 9.13. The summed E-state index contributed by atoms with van der Waals surface area (Å²) in [4.78, 5) is 35.1. The van der Waals surface area contributed by atoms with E-state index in [1.165, 1.54) is 11.1 Å². The van der Waals surface area contributed by atoms with Crippen LogP contribution in [0, 0.1) is 6.92 Å². The van der Waals surface area contributed by atoms with E-state index >= 15 is 0 Å². The van der Waals surface area contributed by atoms with Gasteiger partial charge in [-0.05, 0) is 68.5 Å². The lowest BCUT2D eigenvalue weighted by atomic mass is 9.89. The van der Waals surface area contributed by atoms with Crippen molar-refractivity contribution in [2.24, 2.45) is 0 Å². The maximum atomic E-state index is 13.0. The Balaban J connectivity index is 1.30. The van der Waals surface area contributed by atoms with Crippen LogP contribution in [0.5, 0.6) is 5.75 Å². The second-order valence-corrected chi connectivity index (χ2v) is 9.67. The van der Waals surface area contributed by atoms with Crippen LogP contribution < -0.4 is 4.52 Å². The highest BCUT2D eigenvalue weighted by Gasteiger charge is 2.37. The van der Waals surface area contributed by atoms with Gasteiger partial charge in [0.15, 0.2) is 0 Å². The molecule has 2 fully saturated rings. The maximum Gasteiger partial charge on any atom is 0.524 e. The number of piperidine rings is 1. The third-order valence-electron chi connectivity index (χ3n) is 6.31. The first kappa shape index (κ1) is 22.0. The molecule has 7 nitrogen and oxygen atoms in total. The van der Waals surface area contributed by atoms with Crippen molar-refractivity contribution < 1.29 is 23.7 Å². The lowest BCUT2D eigenvalue weighted by Crippen LogP contribution is -2.45. The fourth-order valence-electron chi connectivity index (χ4n) is 4.61. The Morgan fingerprint density at radius 2 is 1.61 bits per heavy atom. The number of carbonyl (C=O) groups excluding carboxylic acids is 1. The quantitative estimate of drug-likeness (QED) is 0.664. The normalized spacial score (nSPS) is 20.9. The van der Waals surface area contributed by atoms with Gasteiger partial charge in [0.05, 0.1) is 6.04 Å². The summed E-state index contributed by atoms with van der Waals surface area (Å²) < 4.78 is 15.6. The van der Waals surface area contributed by atoms with Gasteiger partial charge in [-0.2, -0.15) is 0 Å². The molecule has 2 aliphatic rings. The lowest BCUT2D eigenvalue weighted by molar-refractivity contribution is -0.133. The van der Waals surface area contributed by atoms with Crippen molar-refractivity contribution in [2.45, 2.75) is 44.7 Å². The molecule has 0 radical (unpaired) electrons. The first-order valence-electron chi connectivity index (χ1n) is 10.7. The summed E-state index contributed by atoms with van der Waals surface area (Å²) in [5.74, 6) is 0.776. The Morgan fingerprint density at radius 1 is 0.968 bits per heavy atom. The Labute approximate surface area is 182 Å². The molecular formula is C23H29N2O5P. The zero-order valence-corrected chi connectivity index (χ0v) is 18.6. The fraction of sp³-hybridized carbons (Fsp3) is 0.435. The van der Waals surface area contributed by atoms with Crippen molar-refractivity contribution in [3.05, 3.63) is 65.2 Å². The third-order valence-corrected chi connectivity index (χ3v) is 6.76. The number of nitrogens with zero attached hydrogens (tertiary/aromatic N) is 2. The van der Waals surface area contributed by atoms with Crippen molar-refractivity contribution >= 4 is 13.7 Å². The van der Waals surface area contributed by atoms with Gasteiger partial charge in [0.1, 0.15) is 5.75 Å². The van der Waals surface area contributed by atoms with Crippen LogP contribution in [0.4, 0.5) is 0 Å². The summed E-state index contributed by atoms with van der Waals surface area (Å²) in [6.45, 7) is 5.29. The zero-order chi connectivity index (χ0) is 22.0. The van der Waals surface area contributed by atoms with Crippen molar-refractivity contribution in [3.8, 4) is 5.75 Å². The smallest absolute Gasteiger partial charge is 0.404 e. The van der Waals surface area contributed by atoms with E-state index in [-0.39, 0.29) is 17.7 Å². The first-order chi connectivity index (χ1) is 14.8. The second-order valence-electron chi connectivity index (χ2n) is 8.51. The number of hydrogen-bond acceptors (Lipinski definition) is 4. The van der Waals surface area contributed by atoms with E-state index in [9.17, 15) is 9.36 Å². The molecular weight excluding hydrogens is 415 g/mol. The van der Waals surface area contributed by atoms with Gasteiger partial charge in [-0.25, -0.2) is 4.57 Å². The van der Waals surface area contributed by atoms with Gasteiger partial charge in [-0.15, -0.1) is 0 Å². The third kappa shape index (κ3) is 5.55. The molecule has 0 bridgehead atoms. The van der Waals surface area contributed by atoms with Crippen molar-refractivity contribution in [3.63, 3.8) is 0 Å². The minimum Gasteiger partial charge on any atom is -0.404 e. The Hall–Kier alpha value is -2.18. The van der Waals surface area contributed by atoms with E-state index in [0.29, 0.717) is 12.5 Å². The molecule has 0 unspecified atom stereocenters. The summed E-state index contributed by atoms with van der Waals surface area (Å²) in [6.07, 6.45) is 2.80. The summed E-state index contributed by atoms with van der Waals surface area (Å²) in [5, 5.41) is 0. The number of likely N-dealkylation sites (tertiary alicyclic amines) is 2. The van der Waals surface area contributed by atoms with Gasteiger partial charge in [0.25, 0.3) is 0 Å². The van der Waals surface area contributed by atoms with E-state index in [1.54, 1.807) is 12.1 Å². The number of phosphoric ester groups is 1. The first-order valence-corrected chi connectivity index (χ1v) is 12.2. The van der Waals surface area contributed by atoms with Crippen LogP contribution in [0.2, 0.25) is 0 Å². The SMILES string of the molecule is Cc1ccc(CN2CC[C@@H](N3CCC(c4ccc(OP(=O)(O)O)cc4)CC3)C2=O)cc1. The monoisotopic (exact) mass is 444 g/mol. The number of carbonyl (C=O) groups is 1. The minimum absolute atomic E-state index is 0.0228. The highest BCUT2D eigenvalue weighted by molar-refractivity contribution is 7.46. The molecule has 0 saturated carbocycles. The molecule has 0 aromatic heterocycles. The number of benzene rings is 2. The number of hydrogen-bond donors (Lipinski definition) is 2. The minimum atomic E-state index is -4.53. The average molecular weight is 444 g/mol. The standard InChI is InChI=1S/C23H29N2O5P/c1-17-2-4-18(5-3-17)16-25-15-12-22(23(25)26)24-13-10-20(11-14-24)19-6-8-21(9-7-19)30-31(27,28)29/h2-9,20,22H,10-16H2,1H3,(H2,27,28,29)/t22-/m1/s1. The van der Waals surface area contributed by atoms with Gasteiger partial charge >= 0.3 is 7.82 Å². The highest BCUT2D eigenvalue weighted by Crippen LogP contribution is 2.38. The molecule has 2 heterocycles. The van der Waals surface area contributed by atoms with Crippen LogP contribution >= 0.6 is 7.82 Å². The molecule has 2 N–H and O–H groups in total. The molecule has 166 valence electrons. The number of phosphoric acid groups is 1. The van der Waals surface area contributed by atoms with Crippen LogP contribution in [0.1, 0.15) is 41.9 Å². The molecule has 8 heteroatoms. The Morgan fingerprint density at radius 3 is 2.23 bits per heavy atom. The van der Waals surface area contributed by atoms with Gasteiger partial charge in [0.2, 0.25) is 5.91 Å². The van der Waals surface area contributed by atoms with Crippen LogP contribution in [0.25, 0.3) is 0 Å². The highest BCUT2D eigenvalue weighted by atomic mass is 31.2. The lowest BCUT2D eigenvalue weighted by Gasteiger charge is -2.35. The summed E-state index contributed by atoms with van der Waals surface area (Å²) >= 11 is 0. The van der Waals surface area contributed by atoms with E-state index in [2.05, 4.69) is 40.6 Å².